The van der Waals surface area contributed by atoms with Crippen molar-refractivity contribution in [2.45, 2.75) is 25.4 Å². The Hall–Kier alpha value is -1.39. The lowest BCUT2D eigenvalue weighted by Gasteiger charge is -2.27. The van der Waals surface area contributed by atoms with Crippen LogP contribution in [0.1, 0.15) is 30.1 Å². The molecule has 0 bridgehead atoms. The average Bonchev–Trinajstić information content (AvgIpc) is 2.78. The second-order valence-corrected chi connectivity index (χ2v) is 5.19. The Kier molecular flexibility index (Phi) is 3.06. The Labute approximate surface area is 106 Å². The molecule has 0 spiro atoms. The number of amides is 1. The van der Waals surface area contributed by atoms with Gasteiger partial charge in [-0.15, -0.1) is 0 Å². The predicted molar refractivity (Wildman–Crippen MR) is 69.3 cm³/mol. The summed E-state index contributed by atoms with van der Waals surface area (Å²) in [6, 6.07) is 5.78. The summed E-state index contributed by atoms with van der Waals surface area (Å²) in [6.45, 7) is 1.92. The number of fused-ring (bicyclic) bond motifs is 1. The van der Waals surface area contributed by atoms with Gasteiger partial charge in [-0.05, 0) is 36.6 Å². The van der Waals surface area contributed by atoms with E-state index in [9.17, 15) is 9.90 Å². The highest BCUT2D eigenvalue weighted by atomic mass is 16.3. The quantitative estimate of drug-likeness (QED) is 0.735. The lowest BCUT2D eigenvalue weighted by atomic mass is 9.88. The summed E-state index contributed by atoms with van der Waals surface area (Å²) >= 11 is 0. The average molecular weight is 246 g/mol. The molecule has 1 fully saturated rings. The Morgan fingerprint density at radius 2 is 2.28 bits per heavy atom. The van der Waals surface area contributed by atoms with Gasteiger partial charge in [0.05, 0.1) is 12.5 Å². The Balaban J connectivity index is 1.80. The van der Waals surface area contributed by atoms with Crippen molar-refractivity contribution >= 4 is 11.6 Å². The van der Waals surface area contributed by atoms with E-state index in [0.717, 1.165) is 42.7 Å². The van der Waals surface area contributed by atoms with Crippen molar-refractivity contribution < 1.29 is 9.90 Å². The molecule has 1 aromatic carbocycles. The molecule has 3 N–H and O–H groups in total. The normalized spacial score (nSPS) is 24.5. The van der Waals surface area contributed by atoms with Gasteiger partial charge < -0.3 is 15.7 Å². The van der Waals surface area contributed by atoms with Gasteiger partial charge in [-0.1, -0.05) is 12.1 Å². The second-order valence-electron chi connectivity index (χ2n) is 5.19. The van der Waals surface area contributed by atoms with Crippen LogP contribution in [0.3, 0.4) is 0 Å². The fraction of sp³-hybridized carbons (Fsp3) is 0.500. The van der Waals surface area contributed by atoms with Crippen LogP contribution in [0.5, 0.6) is 0 Å². The number of piperidine rings is 1. The smallest absolute Gasteiger partial charge is 0.228 e. The van der Waals surface area contributed by atoms with Gasteiger partial charge >= 0.3 is 0 Å². The van der Waals surface area contributed by atoms with Crippen molar-refractivity contribution in [2.75, 3.05) is 18.4 Å². The first-order valence-corrected chi connectivity index (χ1v) is 6.55. The molecule has 2 aliphatic rings. The molecule has 0 aliphatic carbocycles. The van der Waals surface area contributed by atoms with E-state index in [4.69, 9.17) is 0 Å². The summed E-state index contributed by atoms with van der Waals surface area (Å²) in [5, 5.41) is 16.5. The summed E-state index contributed by atoms with van der Waals surface area (Å²) in [6.07, 6.45) is 2.17. The maximum Gasteiger partial charge on any atom is 0.228 e. The molecular formula is C14H18N2O2. The van der Waals surface area contributed by atoms with Crippen LogP contribution in [0.4, 0.5) is 5.69 Å². The molecule has 3 rings (SSSR count). The molecule has 0 radical (unpaired) electrons. The minimum atomic E-state index is -0.432. The zero-order valence-electron chi connectivity index (χ0n) is 10.3. The zero-order valence-corrected chi connectivity index (χ0v) is 10.3. The summed E-state index contributed by atoms with van der Waals surface area (Å²) in [5.74, 6) is 0.317. The molecule has 2 aliphatic heterocycles. The third-order valence-corrected chi connectivity index (χ3v) is 3.88. The van der Waals surface area contributed by atoms with Crippen molar-refractivity contribution in [1.29, 1.82) is 0 Å². The van der Waals surface area contributed by atoms with Gasteiger partial charge in [0.15, 0.2) is 0 Å². The molecule has 1 amide bonds. The zero-order chi connectivity index (χ0) is 12.5. The largest absolute Gasteiger partial charge is 0.388 e. The highest BCUT2D eigenvalue weighted by Gasteiger charge is 2.25. The topological polar surface area (TPSA) is 61.4 Å². The first-order chi connectivity index (χ1) is 8.74. The number of benzene rings is 1. The summed E-state index contributed by atoms with van der Waals surface area (Å²) < 4.78 is 0. The fourth-order valence-electron chi connectivity index (χ4n) is 2.85. The lowest BCUT2D eigenvalue weighted by molar-refractivity contribution is -0.115. The highest BCUT2D eigenvalue weighted by Crippen LogP contribution is 2.31. The molecule has 96 valence electrons. The van der Waals surface area contributed by atoms with Crippen LogP contribution >= 0.6 is 0 Å². The van der Waals surface area contributed by atoms with Gasteiger partial charge in [0.1, 0.15) is 0 Å². The molecular weight excluding hydrogens is 228 g/mol. The Bertz CT molecular complexity index is 467. The van der Waals surface area contributed by atoms with Gasteiger partial charge in [0.25, 0.3) is 0 Å². The molecule has 1 saturated heterocycles. The van der Waals surface area contributed by atoms with E-state index in [1.165, 1.54) is 0 Å². The maximum absolute atomic E-state index is 11.3. The Morgan fingerprint density at radius 1 is 1.39 bits per heavy atom. The molecule has 0 aromatic heterocycles. The number of aliphatic hydroxyl groups excluding tert-OH is 1. The molecule has 2 heterocycles. The van der Waals surface area contributed by atoms with Crippen LogP contribution in [-0.4, -0.2) is 24.1 Å². The molecule has 4 nitrogen and oxygen atoms in total. The molecule has 18 heavy (non-hydrogen) atoms. The van der Waals surface area contributed by atoms with E-state index in [1.807, 2.05) is 18.2 Å². The minimum Gasteiger partial charge on any atom is -0.388 e. The first-order valence-electron chi connectivity index (χ1n) is 6.55. The maximum atomic E-state index is 11.3. The van der Waals surface area contributed by atoms with Crippen molar-refractivity contribution in [2.24, 2.45) is 5.92 Å². The number of nitrogens with one attached hydrogen (secondary N) is 2. The lowest BCUT2D eigenvalue weighted by Crippen LogP contribution is -2.33. The Morgan fingerprint density at radius 3 is 3.06 bits per heavy atom. The van der Waals surface area contributed by atoms with E-state index < -0.39 is 6.10 Å². The number of anilines is 1. The third kappa shape index (κ3) is 2.13. The number of hydrogen-bond acceptors (Lipinski definition) is 3. The summed E-state index contributed by atoms with van der Waals surface area (Å²) in [4.78, 5) is 11.3. The molecule has 1 aromatic rings. The molecule has 2 atom stereocenters. The van der Waals surface area contributed by atoms with Gasteiger partial charge in [-0.25, -0.2) is 0 Å². The van der Waals surface area contributed by atoms with Crippen LogP contribution in [0.15, 0.2) is 18.2 Å². The van der Waals surface area contributed by atoms with E-state index >= 15 is 0 Å². The van der Waals surface area contributed by atoms with Crippen molar-refractivity contribution in [3.05, 3.63) is 29.3 Å². The standard InChI is InChI=1S/C14H18N2O2/c17-13-7-11-6-9(3-4-12(11)16-13)14(18)10-2-1-5-15-8-10/h3-4,6,10,14-15,18H,1-2,5,7-8H2,(H,16,17). The van der Waals surface area contributed by atoms with Crippen molar-refractivity contribution in [3.63, 3.8) is 0 Å². The van der Waals surface area contributed by atoms with E-state index in [-0.39, 0.29) is 11.8 Å². The van der Waals surface area contributed by atoms with Crippen molar-refractivity contribution in [3.8, 4) is 0 Å². The second kappa shape index (κ2) is 4.71. The van der Waals surface area contributed by atoms with Gasteiger partial charge in [-0.2, -0.15) is 0 Å². The van der Waals surface area contributed by atoms with E-state index in [2.05, 4.69) is 10.6 Å². The number of carbonyl (C=O) groups excluding carboxylic acids is 1. The predicted octanol–water partition coefficient (Wildman–Crippen LogP) is 1.21. The monoisotopic (exact) mass is 246 g/mol. The fourth-order valence-corrected chi connectivity index (χ4v) is 2.85. The van der Waals surface area contributed by atoms with Crippen LogP contribution < -0.4 is 10.6 Å². The van der Waals surface area contributed by atoms with Gasteiger partial charge in [-0.3, -0.25) is 4.79 Å². The van der Waals surface area contributed by atoms with Crippen LogP contribution in [0.2, 0.25) is 0 Å². The van der Waals surface area contributed by atoms with Crippen LogP contribution in [-0.2, 0) is 11.2 Å². The third-order valence-electron chi connectivity index (χ3n) is 3.88. The van der Waals surface area contributed by atoms with Gasteiger partial charge in [0.2, 0.25) is 5.91 Å². The number of carbonyl (C=O) groups is 1. The van der Waals surface area contributed by atoms with Gasteiger partial charge in [0, 0.05) is 18.2 Å². The summed E-state index contributed by atoms with van der Waals surface area (Å²) in [7, 11) is 0. The SMILES string of the molecule is O=C1Cc2cc(C(O)C3CCCNC3)ccc2N1. The molecule has 0 saturated carbocycles. The van der Waals surface area contributed by atoms with E-state index in [1.54, 1.807) is 0 Å². The first kappa shape index (κ1) is 11.7. The molecule has 4 heteroatoms. The highest BCUT2D eigenvalue weighted by molar-refractivity contribution is 5.99. The molecule has 2 unspecified atom stereocenters. The van der Waals surface area contributed by atoms with Crippen molar-refractivity contribution in [1.82, 2.24) is 5.32 Å². The summed E-state index contributed by atoms with van der Waals surface area (Å²) in [5.41, 5.74) is 2.82. The van der Waals surface area contributed by atoms with Crippen LogP contribution in [0, 0.1) is 5.92 Å². The van der Waals surface area contributed by atoms with Crippen LogP contribution in [0.25, 0.3) is 0 Å². The number of aliphatic hydroxyl groups is 1. The number of hydrogen-bond donors (Lipinski definition) is 3. The van der Waals surface area contributed by atoms with E-state index in [0.29, 0.717) is 6.42 Å². The minimum absolute atomic E-state index is 0.0379. The number of rotatable bonds is 2.